The number of rotatable bonds is 9. The third-order valence-electron chi connectivity index (χ3n) is 3.89. The van der Waals surface area contributed by atoms with Gasteiger partial charge in [-0.1, -0.05) is 12.1 Å². The lowest BCUT2D eigenvalue weighted by Gasteiger charge is -2.11. The second kappa shape index (κ2) is 7.78. The average molecular weight is 291 g/mol. The molecule has 1 unspecified atom stereocenters. The van der Waals surface area contributed by atoms with Gasteiger partial charge < -0.3 is 19.5 Å². The summed E-state index contributed by atoms with van der Waals surface area (Å²) in [7, 11) is 0. The predicted octanol–water partition coefficient (Wildman–Crippen LogP) is 2.51. The van der Waals surface area contributed by atoms with Gasteiger partial charge in [-0.05, 0) is 43.4 Å². The van der Waals surface area contributed by atoms with Crippen LogP contribution in [0.1, 0.15) is 31.2 Å². The summed E-state index contributed by atoms with van der Waals surface area (Å²) in [6.45, 7) is 3.70. The Bertz CT molecular complexity index is 428. The van der Waals surface area contributed by atoms with Gasteiger partial charge in [0.05, 0.1) is 19.3 Å². The summed E-state index contributed by atoms with van der Waals surface area (Å²) in [4.78, 5) is 0. The Morgan fingerprint density at radius 3 is 2.95 bits per heavy atom. The van der Waals surface area contributed by atoms with Crippen molar-refractivity contribution in [2.24, 2.45) is 0 Å². The third-order valence-corrected chi connectivity index (χ3v) is 3.89. The molecule has 0 spiro atoms. The minimum atomic E-state index is 0.293. The number of hydrogen-bond acceptors (Lipinski definition) is 4. The van der Waals surface area contributed by atoms with Crippen molar-refractivity contribution >= 4 is 0 Å². The first-order valence-electron chi connectivity index (χ1n) is 8.04. The van der Waals surface area contributed by atoms with E-state index in [9.17, 15) is 0 Å². The van der Waals surface area contributed by atoms with Gasteiger partial charge in [-0.3, -0.25) is 0 Å². The number of ether oxygens (including phenoxy) is 3. The van der Waals surface area contributed by atoms with E-state index in [2.05, 4.69) is 17.4 Å². The largest absolute Gasteiger partial charge is 0.491 e. The summed E-state index contributed by atoms with van der Waals surface area (Å²) >= 11 is 0. The highest BCUT2D eigenvalue weighted by Gasteiger charge is 2.19. The molecule has 0 radical (unpaired) electrons. The Hall–Kier alpha value is -1.10. The van der Waals surface area contributed by atoms with Gasteiger partial charge in [-0.15, -0.1) is 0 Å². The van der Waals surface area contributed by atoms with E-state index in [1.54, 1.807) is 0 Å². The molecule has 0 amide bonds. The molecule has 116 valence electrons. The van der Waals surface area contributed by atoms with E-state index in [1.807, 2.05) is 12.1 Å². The fraction of sp³-hybridized carbons (Fsp3) is 0.647. The van der Waals surface area contributed by atoms with Gasteiger partial charge in [0.15, 0.2) is 0 Å². The van der Waals surface area contributed by atoms with Gasteiger partial charge in [0.25, 0.3) is 0 Å². The van der Waals surface area contributed by atoms with Crippen molar-refractivity contribution in [3.63, 3.8) is 0 Å². The lowest BCUT2D eigenvalue weighted by atomic mass is 10.2. The van der Waals surface area contributed by atoms with Crippen molar-refractivity contribution in [1.82, 2.24) is 5.32 Å². The number of nitrogens with one attached hydrogen (secondary N) is 1. The molecule has 0 aromatic heterocycles. The summed E-state index contributed by atoms with van der Waals surface area (Å²) in [6.07, 6.45) is 5.21. The minimum Gasteiger partial charge on any atom is -0.491 e. The summed E-state index contributed by atoms with van der Waals surface area (Å²) in [5, 5.41) is 3.51. The lowest BCUT2D eigenvalue weighted by Crippen LogP contribution is -2.17. The van der Waals surface area contributed by atoms with Gasteiger partial charge >= 0.3 is 0 Å². The Kier molecular flexibility index (Phi) is 5.49. The molecule has 1 atom stereocenters. The maximum atomic E-state index is 5.74. The molecule has 1 aromatic rings. The smallest absolute Gasteiger partial charge is 0.119 e. The zero-order valence-electron chi connectivity index (χ0n) is 12.6. The Labute approximate surface area is 126 Å². The Morgan fingerprint density at radius 2 is 2.14 bits per heavy atom. The van der Waals surface area contributed by atoms with E-state index >= 15 is 0 Å². The first kappa shape index (κ1) is 14.8. The van der Waals surface area contributed by atoms with E-state index in [4.69, 9.17) is 14.2 Å². The standard InChI is InChI=1S/C17H25NO3/c1-3-14(12-18-15-6-7-15)11-16(4-1)21-10-9-19-13-17-5-2-8-20-17/h1,3-4,11,15,17-18H,2,5-10,12-13H2. The molecule has 4 nitrogen and oxygen atoms in total. The summed E-state index contributed by atoms with van der Waals surface area (Å²) in [6, 6.07) is 9.03. The van der Waals surface area contributed by atoms with Crippen LogP contribution in [0.5, 0.6) is 5.75 Å². The Balaban J connectivity index is 1.31. The molecule has 1 saturated carbocycles. The topological polar surface area (TPSA) is 39.7 Å². The first-order chi connectivity index (χ1) is 10.4. The van der Waals surface area contributed by atoms with Crippen molar-refractivity contribution in [3.05, 3.63) is 29.8 Å². The zero-order valence-corrected chi connectivity index (χ0v) is 12.6. The Morgan fingerprint density at radius 1 is 1.19 bits per heavy atom. The maximum Gasteiger partial charge on any atom is 0.119 e. The first-order valence-corrected chi connectivity index (χ1v) is 8.04. The van der Waals surface area contributed by atoms with Crippen LogP contribution in [0.3, 0.4) is 0 Å². The molecule has 0 bridgehead atoms. The molecule has 4 heteroatoms. The molecule has 1 aliphatic heterocycles. The van der Waals surface area contributed by atoms with Crippen LogP contribution in [-0.4, -0.2) is 38.6 Å². The summed E-state index contributed by atoms with van der Waals surface area (Å²) < 4.78 is 16.8. The van der Waals surface area contributed by atoms with E-state index in [-0.39, 0.29) is 0 Å². The van der Waals surface area contributed by atoms with Gasteiger partial charge in [0.1, 0.15) is 12.4 Å². The normalized spacial score (nSPS) is 21.6. The fourth-order valence-electron chi connectivity index (χ4n) is 2.50. The number of benzene rings is 1. The van der Waals surface area contributed by atoms with Crippen LogP contribution >= 0.6 is 0 Å². The fourth-order valence-corrected chi connectivity index (χ4v) is 2.50. The van der Waals surface area contributed by atoms with Gasteiger partial charge in [0.2, 0.25) is 0 Å². The average Bonchev–Trinajstić information content (AvgIpc) is 3.20. The van der Waals surface area contributed by atoms with Crippen molar-refractivity contribution in [3.8, 4) is 5.75 Å². The molecule has 1 aromatic carbocycles. The van der Waals surface area contributed by atoms with Crippen molar-refractivity contribution < 1.29 is 14.2 Å². The maximum absolute atomic E-state index is 5.74. The zero-order chi connectivity index (χ0) is 14.3. The van der Waals surface area contributed by atoms with E-state index in [0.717, 1.165) is 37.8 Å². The third kappa shape index (κ3) is 5.30. The van der Waals surface area contributed by atoms with E-state index < -0.39 is 0 Å². The second-order valence-corrected chi connectivity index (χ2v) is 5.86. The lowest BCUT2D eigenvalue weighted by molar-refractivity contribution is 0.00852. The van der Waals surface area contributed by atoms with Crippen molar-refractivity contribution in [2.75, 3.05) is 26.4 Å². The SMILES string of the molecule is c1cc(CNC2CC2)cc(OCCOCC2CCCO2)c1. The van der Waals surface area contributed by atoms with Gasteiger partial charge in [-0.25, -0.2) is 0 Å². The molecular weight excluding hydrogens is 266 g/mol. The van der Waals surface area contributed by atoms with Crippen LogP contribution in [0.4, 0.5) is 0 Å². The quantitative estimate of drug-likeness (QED) is 0.710. The molecule has 1 N–H and O–H groups in total. The molecule has 2 aliphatic rings. The molecule has 21 heavy (non-hydrogen) atoms. The van der Waals surface area contributed by atoms with Crippen LogP contribution in [0.25, 0.3) is 0 Å². The molecule has 1 saturated heterocycles. The second-order valence-electron chi connectivity index (χ2n) is 5.86. The van der Waals surface area contributed by atoms with Crippen LogP contribution in [0.15, 0.2) is 24.3 Å². The van der Waals surface area contributed by atoms with Crippen LogP contribution in [0, 0.1) is 0 Å². The molecule has 3 rings (SSSR count). The van der Waals surface area contributed by atoms with Crippen LogP contribution in [0.2, 0.25) is 0 Å². The highest BCUT2D eigenvalue weighted by atomic mass is 16.5. The summed E-state index contributed by atoms with van der Waals surface area (Å²) in [5.74, 6) is 0.922. The monoisotopic (exact) mass is 291 g/mol. The minimum absolute atomic E-state index is 0.293. The van der Waals surface area contributed by atoms with Crippen molar-refractivity contribution in [2.45, 2.75) is 44.4 Å². The van der Waals surface area contributed by atoms with Crippen LogP contribution in [-0.2, 0) is 16.0 Å². The van der Waals surface area contributed by atoms with E-state index in [1.165, 1.54) is 18.4 Å². The molecule has 2 fully saturated rings. The molecule has 1 heterocycles. The molecule has 1 aliphatic carbocycles. The highest BCUT2D eigenvalue weighted by molar-refractivity contribution is 5.28. The molecular formula is C17H25NO3. The summed E-state index contributed by atoms with van der Waals surface area (Å²) in [5.41, 5.74) is 1.28. The van der Waals surface area contributed by atoms with Crippen LogP contribution < -0.4 is 10.1 Å². The van der Waals surface area contributed by atoms with E-state index in [0.29, 0.717) is 25.9 Å². The predicted molar refractivity (Wildman–Crippen MR) is 81.6 cm³/mol. The van der Waals surface area contributed by atoms with Gasteiger partial charge in [-0.2, -0.15) is 0 Å². The number of hydrogen-bond donors (Lipinski definition) is 1. The highest BCUT2D eigenvalue weighted by Crippen LogP contribution is 2.20. The van der Waals surface area contributed by atoms with Crippen molar-refractivity contribution in [1.29, 1.82) is 0 Å². The van der Waals surface area contributed by atoms with Gasteiger partial charge in [0, 0.05) is 19.2 Å².